The molecule has 0 radical (unpaired) electrons. The smallest absolute Gasteiger partial charge is 0.122 e. The van der Waals surface area contributed by atoms with Crippen LogP contribution in [0.15, 0.2) is 24.3 Å². The minimum Gasteiger partial charge on any atom is -0.493 e. The van der Waals surface area contributed by atoms with Crippen LogP contribution in [0.3, 0.4) is 0 Å². The van der Waals surface area contributed by atoms with Gasteiger partial charge in [-0.15, -0.1) is 0 Å². The zero-order valence-corrected chi connectivity index (χ0v) is 11.5. The highest BCUT2D eigenvalue weighted by Crippen LogP contribution is 2.32. The quantitative estimate of drug-likeness (QED) is 0.738. The van der Waals surface area contributed by atoms with Crippen molar-refractivity contribution in [3.63, 3.8) is 0 Å². The first-order valence-corrected chi connectivity index (χ1v) is 7.59. The molecule has 1 saturated carbocycles. The van der Waals surface area contributed by atoms with Crippen LogP contribution < -0.4 is 15.4 Å². The summed E-state index contributed by atoms with van der Waals surface area (Å²) < 4.78 is 5.69. The Balaban J connectivity index is 1.38. The third-order valence-corrected chi connectivity index (χ3v) is 4.01. The van der Waals surface area contributed by atoms with E-state index in [2.05, 4.69) is 34.9 Å². The molecule has 1 unspecified atom stereocenters. The third-order valence-electron chi connectivity index (χ3n) is 4.01. The van der Waals surface area contributed by atoms with Crippen molar-refractivity contribution < 1.29 is 4.74 Å². The predicted octanol–water partition coefficient (Wildman–Crippen LogP) is 2.28. The fourth-order valence-electron chi connectivity index (χ4n) is 2.71. The molecule has 3 rings (SSSR count). The minimum atomic E-state index is 0.612. The maximum atomic E-state index is 5.69. The number of para-hydroxylation sites is 1. The molecule has 1 aromatic rings. The van der Waals surface area contributed by atoms with Crippen LogP contribution in [0.4, 0.5) is 0 Å². The summed E-state index contributed by atoms with van der Waals surface area (Å²) in [5.74, 6) is 1.69. The van der Waals surface area contributed by atoms with Crippen LogP contribution in [0.2, 0.25) is 0 Å². The molecular formula is C16H24N2O. The van der Waals surface area contributed by atoms with Crippen LogP contribution in [0.1, 0.15) is 37.2 Å². The molecule has 2 N–H and O–H groups in total. The maximum absolute atomic E-state index is 5.69. The molecule has 1 aromatic carbocycles. The first-order valence-electron chi connectivity index (χ1n) is 7.59. The molecule has 1 atom stereocenters. The Bertz CT molecular complexity index is 403. The average Bonchev–Trinajstić information content (AvgIpc) is 3.27. The van der Waals surface area contributed by atoms with Gasteiger partial charge in [0.1, 0.15) is 5.75 Å². The Morgan fingerprint density at radius 1 is 1.11 bits per heavy atom. The summed E-state index contributed by atoms with van der Waals surface area (Å²) in [7, 11) is 0. The number of rotatable bonds is 7. The average molecular weight is 260 g/mol. The van der Waals surface area contributed by atoms with Crippen molar-refractivity contribution in [2.75, 3.05) is 26.2 Å². The van der Waals surface area contributed by atoms with Crippen molar-refractivity contribution >= 4 is 0 Å². The molecule has 0 amide bonds. The van der Waals surface area contributed by atoms with Crippen LogP contribution in [0.25, 0.3) is 0 Å². The minimum absolute atomic E-state index is 0.612. The van der Waals surface area contributed by atoms with Gasteiger partial charge in [0.05, 0.1) is 6.61 Å². The molecule has 19 heavy (non-hydrogen) atoms. The number of nitrogens with one attached hydrogen (secondary N) is 2. The Morgan fingerprint density at radius 2 is 2.00 bits per heavy atom. The monoisotopic (exact) mass is 260 g/mol. The number of ether oxygens (including phenoxy) is 1. The van der Waals surface area contributed by atoms with Gasteiger partial charge in [-0.25, -0.2) is 0 Å². The van der Waals surface area contributed by atoms with Gasteiger partial charge in [0.25, 0.3) is 0 Å². The van der Waals surface area contributed by atoms with E-state index >= 15 is 0 Å². The van der Waals surface area contributed by atoms with Crippen molar-refractivity contribution in [2.24, 2.45) is 0 Å². The maximum Gasteiger partial charge on any atom is 0.122 e. The fourth-order valence-corrected chi connectivity index (χ4v) is 2.71. The number of benzene rings is 1. The van der Waals surface area contributed by atoms with E-state index in [1.165, 1.54) is 24.8 Å². The van der Waals surface area contributed by atoms with Crippen LogP contribution in [-0.4, -0.2) is 32.3 Å². The van der Waals surface area contributed by atoms with E-state index in [-0.39, 0.29) is 0 Å². The second kappa shape index (κ2) is 6.40. The largest absolute Gasteiger partial charge is 0.493 e. The van der Waals surface area contributed by atoms with Crippen LogP contribution in [-0.2, 0) is 0 Å². The topological polar surface area (TPSA) is 33.3 Å². The molecule has 2 aliphatic rings. The molecule has 0 aromatic heterocycles. The summed E-state index contributed by atoms with van der Waals surface area (Å²) in [6.07, 6.45) is 5.12. The number of hydrogen-bond acceptors (Lipinski definition) is 3. The zero-order valence-electron chi connectivity index (χ0n) is 11.5. The van der Waals surface area contributed by atoms with Crippen molar-refractivity contribution in [2.45, 2.75) is 37.6 Å². The summed E-state index contributed by atoms with van der Waals surface area (Å²) in [6, 6.07) is 9.29. The van der Waals surface area contributed by atoms with Crippen molar-refractivity contribution in [3.8, 4) is 5.75 Å². The van der Waals surface area contributed by atoms with E-state index in [1.54, 1.807) is 0 Å². The lowest BCUT2D eigenvalue weighted by molar-refractivity contribution is 0.264. The van der Waals surface area contributed by atoms with Gasteiger partial charge in [-0.2, -0.15) is 0 Å². The molecule has 0 saturated heterocycles. The molecule has 104 valence electrons. The highest BCUT2D eigenvalue weighted by atomic mass is 16.5. The summed E-state index contributed by atoms with van der Waals surface area (Å²) in [4.78, 5) is 0. The van der Waals surface area contributed by atoms with Crippen LogP contribution >= 0.6 is 0 Å². The van der Waals surface area contributed by atoms with Gasteiger partial charge in [-0.05, 0) is 50.4 Å². The van der Waals surface area contributed by atoms with Gasteiger partial charge in [0, 0.05) is 18.5 Å². The summed E-state index contributed by atoms with van der Waals surface area (Å²) in [5, 5.41) is 7.15. The summed E-state index contributed by atoms with van der Waals surface area (Å²) in [6.45, 7) is 4.19. The van der Waals surface area contributed by atoms with Gasteiger partial charge in [-0.1, -0.05) is 18.2 Å². The van der Waals surface area contributed by atoms with Gasteiger partial charge >= 0.3 is 0 Å². The molecule has 0 spiro atoms. The first-order chi connectivity index (χ1) is 9.43. The van der Waals surface area contributed by atoms with Crippen LogP contribution in [0.5, 0.6) is 5.75 Å². The molecule has 1 aliphatic heterocycles. The molecule has 1 aliphatic carbocycles. The van der Waals surface area contributed by atoms with Crippen LogP contribution in [0, 0.1) is 0 Å². The van der Waals surface area contributed by atoms with Crippen molar-refractivity contribution in [1.82, 2.24) is 10.6 Å². The van der Waals surface area contributed by atoms with E-state index < -0.39 is 0 Å². The van der Waals surface area contributed by atoms with Gasteiger partial charge in [0.15, 0.2) is 0 Å². The van der Waals surface area contributed by atoms with Gasteiger partial charge in [0.2, 0.25) is 0 Å². The predicted molar refractivity (Wildman–Crippen MR) is 77.8 cm³/mol. The highest BCUT2D eigenvalue weighted by Gasteiger charge is 2.21. The van der Waals surface area contributed by atoms with E-state index in [9.17, 15) is 0 Å². The molecule has 3 nitrogen and oxygen atoms in total. The Labute approximate surface area is 115 Å². The normalized spacial score (nSPS) is 21.8. The van der Waals surface area contributed by atoms with E-state index in [1.807, 2.05) is 0 Å². The van der Waals surface area contributed by atoms with Crippen molar-refractivity contribution in [3.05, 3.63) is 29.8 Å². The second-order valence-electron chi connectivity index (χ2n) is 5.66. The summed E-state index contributed by atoms with van der Waals surface area (Å²) >= 11 is 0. The van der Waals surface area contributed by atoms with E-state index in [0.717, 1.165) is 44.5 Å². The SMILES string of the molecule is c1ccc2c(c1)OCCC2CNCCCNC1CC1. The molecule has 1 heterocycles. The second-order valence-corrected chi connectivity index (χ2v) is 5.66. The standard InChI is InChI=1S/C16H24N2O/c1-2-5-16-15(4-1)13(8-11-19-16)12-17-9-3-10-18-14-6-7-14/h1-2,4-5,13-14,17-18H,3,6-12H2. The molecular weight excluding hydrogens is 236 g/mol. The van der Waals surface area contributed by atoms with E-state index in [4.69, 9.17) is 4.74 Å². The Morgan fingerprint density at radius 3 is 2.89 bits per heavy atom. The lowest BCUT2D eigenvalue weighted by Gasteiger charge is -2.26. The number of fused-ring (bicyclic) bond motifs is 1. The van der Waals surface area contributed by atoms with Gasteiger partial charge < -0.3 is 15.4 Å². The van der Waals surface area contributed by atoms with Gasteiger partial charge in [-0.3, -0.25) is 0 Å². The summed E-state index contributed by atoms with van der Waals surface area (Å²) in [5.41, 5.74) is 1.37. The highest BCUT2D eigenvalue weighted by molar-refractivity contribution is 5.37. The fraction of sp³-hybridized carbons (Fsp3) is 0.625. The van der Waals surface area contributed by atoms with Crippen molar-refractivity contribution in [1.29, 1.82) is 0 Å². The molecule has 1 fully saturated rings. The lowest BCUT2D eigenvalue weighted by atomic mass is 9.93. The molecule has 0 bridgehead atoms. The molecule has 3 heteroatoms. The Kier molecular flexibility index (Phi) is 4.36. The third kappa shape index (κ3) is 3.71. The first kappa shape index (κ1) is 12.9. The van der Waals surface area contributed by atoms with E-state index in [0.29, 0.717) is 5.92 Å². The zero-order chi connectivity index (χ0) is 12.9. The Hall–Kier alpha value is -1.06. The number of hydrogen-bond donors (Lipinski definition) is 2. The lowest BCUT2D eigenvalue weighted by Crippen LogP contribution is -2.28.